The molecule has 1 amide bonds. The van der Waals surface area contributed by atoms with Crippen molar-refractivity contribution in [2.75, 3.05) is 11.5 Å². The zero-order chi connectivity index (χ0) is 24.4. The van der Waals surface area contributed by atoms with Crippen LogP contribution in [0.4, 0.5) is 5.69 Å². The molecule has 0 aliphatic carbocycles. The van der Waals surface area contributed by atoms with Gasteiger partial charge in [-0.15, -0.1) is 0 Å². The molecule has 0 spiro atoms. The van der Waals surface area contributed by atoms with E-state index in [4.69, 9.17) is 4.74 Å². The highest BCUT2D eigenvalue weighted by atomic mass is 16.5. The van der Waals surface area contributed by atoms with Crippen LogP contribution in [0.2, 0.25) is 0 Å². The minimum Gasteiger partial charge on any atom is -0.507 e. The predicted molar refractivity (Wildman–Crippen MR) is 129 cm³/mol. The van der Waals surface area contributed by atoms with Crippen LogP contribution in [0.25, 0.3) is 5.76 Å². The van der Waals surface area contributed by atoms with Crippen LogP contribution in [0.3, 0.4) is 0 Å². The summed E-state index contributed by atoms with van der Waals surface area (Å²) in [5.74, 6) is -1.10. The average Bonchev–Trinajstić information content (AvgIpc) is 3.10. The molecule has 0 saturated carbocycles. The predicted octanol–water partition coefficient (Wildman–Crippen LogP) is 4.76. The maximum Gasteiger partial charge on any atom is 0.300 e. The molecule has 1 saturated heterocycles. The summed E-state index contributed by atoms with van der Waals surface area (Å²) >= 11 is 0. The van der Waals surface area contributed by atoms with Crippen LogP contribution in [-0.4, -0.2) is 33.5 Å². The molecular formula is C27H26N2O5. The molecule has 1 fully saturated rings. The minimum atomic E-state index is -0.937. The molecular weight excluding hydrogens is 432 g/mol. The summed E-state index contributed by atoms with van der Waals surface area (Å²) in [4.78, 5) is 31.6. The molecule has 2 aromatic carbocycles. The third kappa shape index (κ3) is 4.37. The third-order valence-electron chi connectivity index (χ3n) is 5.57. The number of aliphatic hydroxyl groups is 1. The van der Waals surface area contributed by atoms with Crippen LogP contribution in [0, 0.1) is 12.8 Å². The lowest BCUT2D eigenvalue weighted by Crippen LogP contribution is -2.29. The lowest BCUT2D eigenvalue weighted by molar-refractivity contribution is -0.132. The summed E-state index contributed by atoms with van der Waals surface area (Å²) in [5.41, 5.74) is 1.89. The molecule has 2 heterocycles. The van der Waals surface area contributed by atoms with Crippen molar-refractivity contribution < 1.29 is 24.5 Å². The molecule has 3 aromatic rings. The Balaban J connectivity index is 1.83. The van der Waals surface area contributed by atoms with Gasteiger partial charge in [0.2, 0.25) is 0 Å². The SMILES string of the molecule is Cc1ccc(O)c(N2C(=O)C(=O)/C(=C(/O)c3ccc(OCC(C)C)cc3)C2c2ccncc2)c1. The number of aromatic hydroxyl groups is 1. The van der Waals surface area contributed by atoms with Crippen LogP contribution in [-0.2, 0) is 9.59 Å². The molecule has 7 nitrogen and oxygen atoms in total. The molecule has 2 N–H and O–H groups in total. The van der Waals surface area contributed by atoms with Gasteiger partial charge in [-0.25, -0.2) is 0 Å². The van der Waals surface area contributed by atoms with Gasteiger partial charge in [-0.3, -0.25) is 19.5 Å². The number of ether oxygens (including phenoxy) is 1. The first-order valence-corrected chi connectivity index (χ1v) is 11.0. The number of Topliss-reactive ketones (excluding diaryl/α,β-unsaturated/α-hetero) is 1. The van der Waals surface area contributed by atoms with Crippen LogP contribution >= 0.6 is 0 Å². The third-order valence-corrected chi connectivity index (χ3v) is 5.57. The first-order valence-electron chi connectivity index (χ1n) is 11.0. The van der Waals surface area contributed by atoms with E-state index in [1.807, 2.05) is 20.8 Å². The van der Waals surface area contributed by atoms with E-state index in [9.17, 15) is 19.8 Å². The van der Waals surface area contributed by atoms with Gasteiger partial charge in [0.1, 0.15) is 17.3 Å². The quantitative estimate of drug-likeness (QED) is 0.314. The average molecular weight is 459 g/mol. The highest BCUT2D eigenvalue weighted by Crippen LogP contribution is 2.44. The Labute approximate surface area is 198 Å². The van der Waals surface area contributed by atoms with E-state index >= 15 is 0 Å². The van der Waals surface area contributed by atoms with Crippen molar-refractivity contribution in [2.45, 2.75) is 26.8 Å². The molecule has 1 atom stereocenters. The van der Waals surface area contributed by atoms with Crippen LogP contribution in [0.15, 0.2) is 72.6 Å². The van der Waals surface area contributed by atoms with Crippen molar-refractivity contribution >= 4 is 23.1 Å². The topological polar surface area (TPSA) is 100.0 Å². The van der Waals surface area contributed by atoms with Crippen molar-refractivity contribution in [3.05, 3.63) is 89.3 Å². The van der Waals surface area contributed by atoms with Crippen molar-refractivity contribution in [1.82, 2.24) is 4.98 Å². The highest BCUT2D eigenvalue weighted by Gasteiger charge is 2.47. The summed E-state index contributed by atoms with van der Waals surface area (Å²) in [6, 6.07) is 13.9. The fourth-order valence-corrected chi connectivity index (χ4v) is 3.90. The number of phenolic OH excluding ortho intramolecular Hbond substituents is 1. The van der Waals surface area contributed by atoms with Gasteiger partial charge in [-0.1, -0.05) is 19.9 Å². The van der Waals surface area contributed by atoms with E-state index in [1.165, 1.54) is 11.0 Å². The van der Waals surface area contributed by atoms with Crippen LogP contribution in [0.1, 0.15) is 36.6 Å². The minimum absolute atomic E-state index is 0.0621. The van der Waals surface area contributed by atoms with Crippen molar-refractivity contribution in [1.29, 1.82) is 0 Å². The Morgan fingerprint density at radius 3 is 2.38 bits per heavy atom. The Morgan fingerprint density at radius 2 is 1.74 bits per heavy atom. The molecule has 174 valence electrons. The maximum absolute atomic E-state index is 13.2. The fourth-order valence-electron chi connectivity index (χ4n) is 3.90. The highest BCUT2D eigenvalue weighted by molar-refractivity contribution is 6.51. The number of aliphatic hydroxyl groups excluding tert-OH is 1. The molecule has 34 heavy (non-hydrogen) atoms. The van der Waals surface area contributed by atoms with E-state index in [2.05, 4.69) is 4.98 Å². The molecule has 1 unspecified atom stereocenters. The lowest BCUT2D eigenvalue weighted by Gasteiger charge is -2.26. The first kappa shape index (κ1) is 23.0. The molecule has 1 aromatic heterocycles. The van der Waals surface area contributed by atoms with Crippen molar-refractivity contribution in [3.8, 4) is 11.5 Å². The summed E-state index contributed by atoms with van der Waals surface area (Å²) in [6.45, 7) is 6.47. The zero-order valence-corrected chi connectivity index (χ0v) is 19.2. The number of carbonyl (C=O) groups is 2. The number of amides is 1. The Hall–Kier alpha value is -4.13. The van der Waals surface area contributed by atoms with E-state index in [0.717, 1.165) is 5.56 Å². The summed E-state index contributed by atoms with van der Waals surface area (Å²) in [6.07, 6.45) is 3.10. The number of carbonyl (C=O) groups excluding carboxylic acids is 2. The fraction of sp³-hybridized carbons (Fsp3) is 0.222. The number of hydrogen-bond donors (Lipinski definition) is 2. The van der Waals surface area contributed by atoms with Gasteiger partial charge in [-0.2, -0.15) is 0 Å². The normalized spacial score (nSPS) is 17.4. The van der Waals surface area contributed by atoms with Gasteiger partial charge in [0.05, 0.1) is 23.9 Å². The molecule has 7 heteroatoms. The zero-order valence-electron chi connectivity index (χ0n) is 19.2. The smallest absolute Gasteiger partial charge is 0.300 e. The number of phenols is 1. The lowest BCUT2D eigenvalue weighted by atomic mass is 9.95. The maximum atomic E-state index is 13.2. The second-order valence-corrected chi connectivity index (χ2v) is 8.67. The van der Waals surface area contributed by atoms with Crippen LogP contribution in [0.5, 0.6) is 11.5 Å². The van der Waals surface area contributed by atoms with Crippen molar-refractivity contribution in [2.24, 2.45) is 5.92 Å². The van der Waals surface area contributed by atoms with Crippen molar-refractivity contribution in [3.63, 3.8) is 0 Å². The van der Waals surface area contributed by atoms with Gasteiger partial charge in [0.25, 0.3) is 11.7 Å². The standard InChI is InChI=1S/C27H26N2O5/c1-16(2)15-34-20-7-5-19(6-8-20)25(31)23-24(18-10-12-28-13-11-18)29(27(33)26(23)32)21-14-17(3)4-9-22(21)30/h4-14,16,24,30-31H,15H2,1-3H3/b25-23+. The van der Waals surface area contributed by atoms with Crippen LogP contribution < -0.4 is 9.64 Å². The van der Waals surface area contributed by atoms with Gasteiger partial charge in [0.15, 0.2) is 0 Å². The number of rotatable bonds is 6. The van der Waals surface area contributed by atoms with E-state index < -0.39 is 17.7 Å². The summed E-state index contributed by atoms with van der Waals surface area (Å²) < 4.78 is 5.69. The van der Waals surface area contributed by atoms with Gasteiger partial charge >= 0.3 is 0 Å². The molecule has 0 bridgehead atoms. The second-order valence-electron chi connectivity index (χ2n) is 8.67. The Bertz CT molecular complexity index is 1250. The largest absolute Gasteiger partial charge is 0.507 e. The van der Waals surface area contributed by atoms with Gasteiger partial charge < -0.3 is 14.9 Å². The molecule has 0 radical (unpaired) electrons. The van der Waals surface area contributed by atoms with E-state index in [1.54, 1.807) is 60.9 Å². The number of aryl methyl sites for hydroxylation is 1. The number of aromatic nitrogens is 1. The number of anilines is 1. The Kier molecular flexibility index (Phi) is 6.36. The summed E-state index contributed by atoms with van der Waals surface area (Å²) in [7, 11) is 0. The molecule has 4 rings (SSSR count). The monoisotopic (exact) mass is 458 g/mol. The number of benzene rings is 2. The second kappa shape index (κ2) is 9.39. The first-order chi connectivity index (χ1) is 16.3. The molecule has 1 aliphatic rings. The summed E-state index contributed by atoms with van der Waals surface area (Å²) in [5, 5.41) is 21.7. The number of pyridine rings is 1. The Morgan fingerprint density at radius 1 is 1.06 bits per heavy atom. The van der Waals surface area contributed by atoms with E-state index in [0.29, 0.717) is 29.4 Å². The number of hydrogen-bond acceptors (Lipinski definition) is 6. The van der Waals surface area contributed by atoms with Gasteiger partial charge in [0, 0.05) is 18.0 Å². The number of ketones is 1. The van der Waals surface area contributed by atoms with Gasteiger partial charge in [-0.05, 0) is 72.5 Å². The number of nitrogens with zero attached hydrogens (tertiary/aromatic N) is 2. The van der Waals surface area contributed by atoms with E-state index in [-0.39, 0.29) is 22.8 Å². The molecule has 1 aliphatic heterocycles.